The van der Waals surface area contributed by atoms with E-state index in [1.807, 2.05) is 35.2 Å². The fourth-order valence-corrected chi connectivity index (χ4v) is 5.81. The van der Waals surface area contributed by atoms with Gasteiger partial charge in [0.25, 0.3) is 0 Å². The topological polar surface area (TPSA) is 68.3 Å². The van der Waals surface area contributed by atoms with Crippen LogP contribution >= 0.6 is 27.3 Å². The molecule has 8 heteroatoms. The highest BCUT2D eigenvalue weighted by Crippen LogP contribution is 2.36. The van der Waals surface area contributed by atoms with Crippen LogP contribution in [-0.2, 0) is 11.3 Å². The van der Waals surface area contributed by atoms with Gasteiger partial charge >= 0.3 is 5.76 Å². The molecule has 0 N–H and O–H groups in total. The number of piperidine rings is 1. The summed E-state index contributed by atoms with van der Waals surface area (Å²) in [6, 6.07) is 15.6. The zero-order valence-corrected chi connectivity index (χ0v) is 20.7. The third kappa shape index (κ3) is 4.54. The van der Waals surface area contributed by atoms with Crippen LogP contribution in [0.4, 0.5) is 0 Å². The summed E-state index contributed by atoms with van der Waals surface area (Å²) in [6.07, 6.45) is 2.11. The number of fused-ring (bicyclic) bond motifs is 1. The van der Waals surface area contributed by atoms with Crippen molar-refractivity contribution in [1.29, 1.82) is 0 Å². The average molecular weight is 526 g/mol. The minimum Gasteiger partial charge on any atom is -0.408 e. The number of aryl methyl sites for hydroxylation is 2. The van der Waals surface area contributed by atoms with E-state index in [2.05, 4.69) is 35.0 Å². The SMILES string of the molecule is Cc1sc(C2CCN(C(=O)CCn3c(=O)oc4ccccc43)CC2)nc1-c1ccc(Br)cc1. The van der Waals surface area contributed by atoms with Crippen LogP contribution in [-0.4, -0.2) is 33.4 Å². The molecule has 170 valence electrons. The molecule has 0 atom stereocenters. The van der Waals surface area contributed by atoms with Gasteiger partial charge in [0.05, 0.1) is 16.2 Å². The van der Waals surface area contributed by atoms with Crippen molar-refractivity contribution in [2.24, 2.45) is 0 Å². The Morgan fingerprint density at radius 1 is 1.15 bits per heavy atom. The summed E-state index contributed by atoms with van der Waals surface area (Å²) in [4.78, 5) is 33.1. The molecule has 33 heavy (non-hydrogen) atoms. The fraction of sp³-hybridized carbons (Fsp3) is 0.320. The van der Waals surface area contributed by atoms with Gasteiger partial charge in [-0.1, -0.05) is 40.2 Å². The number of aromatic nitrogens is 2. The maximum atomic E-state index is 12.8. The van der Waals surface area contributed by atoms with Gasteiger partial charge < -0.3 is 9.32 Å². The highest BCUT2D eigenvalue weighted by atomic mass is 79.9. The van der Waals surface area contributed by atoms with Crippen LogP contribution in [0, 0.1) is 6.92 Å². The van der Waals surface area contributed by atoms with Gasteiger partial charge in [-0.2, -0.15) is 0 Å². The average Bonchev–Trinajstić information content (AvgIpc) is 3.37. The van der Waals surface area contributed by atoms with E-state index >= 15 is 0 Å². The summed E-state index contributed by atoms with van der Waals surface area (Å²) < 4.78 is 7.86. The van der Waals surface area contributed by atoms with E-state index in [1.54, 1.807) is 22.0 Å². The maximum Gasteiger partial charge on any atom is 0.419 e. The van der Waals surface area contributed by atoms with Crippen molar-refractivity contribution in [3.8, 4) is 11.3 Å². The quantitative estimate of drug-likeness (QED) is 0.340. The number of oxazole rings is 1. The summed E-state index contributed by atoms with van der Waals surface area (Å²) >= 11 is 5.25. The lowest BCUT2D eigenvalue weighted by Crippen LogP contribution is -2.38. The van der Waals surface area contributed by atoms with Crippen LogP contribution in [0.25, 0.3) is 22.4 Å². The van der Waals surface area contributed by atoms with Gasteiger partial charge in [0.2, 0.25) is 5.91 Å². The number of nitrogens with zero attached hydrogens (tertiary/aromatic N) is 3. The molecule has 2 aromatic carbocycles. The van der Waals surface area contributed by atoms with E-state index in [1.165, 1.54) is 4.88 Å². The molecular formula is C25H24BrN3O3S. The normalized spacial score (nSPS) is 14.8. The summed E-state index contributed by atoms with van der Waals surface area (Å²) in [5.41, 5.74) is 3.47. The van der Waals surface area contributed by atoms with Crippen LogP contribution in [0.15, 0.2) is 62.2 Å². The van der Waals surface area contributed by atoms with Crippen molar-refractivity contribution in [2.75, 3.05) is 13.1 Å². The van der Waals surface area contributed by atoms with E-state index < -0.39 is 5.76 Å². The van der Waals surface area contributed by atoms with Crippen molar-refractivity contribution in [2.45, 2.75) is 38.6 Å². The number of rotatable bonds is 5. The summed E-state index contributed by atoms with van der Waals surface area (Å²) in [7, 11) is 0. The predicted molar refractivity (Wildman–Crippen MR) is 134 cm³/mol. The van der Waals surface area contributed by atoms with E-state index in [0.29, 0.717) is 18.0 Å². The van der Waals surface area contributed by atoms with Crippen LogP contribution in [0.5, 0.6) is 0 Å². The molecular weight excluding hydrogens is 502 g/mol. The van der Waals surface area contributed by atoms with Crippen molar-refractivity contribution in [3.63, 3.8) is 0 Å². The first-order valence-corrected chi connectivity index (χ1v) is 12.7. The predicted octanol–water partition coefficient (Wildman–Crippen LogP) is 5.59. The molecule has 1 fully saturated rings. The van der Waals surface area contributed by atoms with E-state index in [-0.39, 0.29) is 12.3 Å². The van der Waals surface area contributed by atoms with E-state index in [4.69, 9.17) is 9.40 Å². The second-order valence-corrected chi connectivity index (χ2v) is 10.5. The van der Waals surface area contributed by atoms with Crippen molar-refractivity contribution < 1.29 is 9.21 Å². The minimum absolute atomic E-state index is 0.0801. The molecule has 1 aliphatic heterocycles. The van der Waals surface area contributed by atoms with Gasteiger partial charge in [-0.15, -0.1) is 11.3 Å². The number of benzene rings is 2. The lowest BCUT2D eigenvalue weighted by atomic mass is 9.97. The number of carbonyl (C=O) groups excluding carboxylic acids is 1. The Morgan fingerprint density at radius 2 is 1.88 bits per heavy atom. The van der Waals surface area contributed by atoms with E-state index in [0.717, 1.165) is 52.2 Å². The number of halogens is 1. The zero-order valence-electron chi connectivity index (χ0n) is 18.3. The standard InChI is InChI=1S/C25H24BrN3O3S/c1-16-23(17-6-8-19(26)9-7-17)27-24(33-16)18-10-13-28(14-11-18)22(30)12-15-29-20-4-2-3-5-21(20)32-25(29)31/h2-9,18H,10-15H2,1H3. The zero-order chi connectivity index (χ0) is 22.9. The number of hydrogen-bond donors (Lipinski definition) is 0. The molecule has 0 radical (unpaired) electrons. The molecule has 0 saturated carbocycles. The first-order chi connectivity index (χ1) is 16.0. The van der Waals surface area contributed by atoms with Crippen molar-refractivity contribution >= 4 is 44.3 Å². The number of carbonyl (C=O) groups is 1. The number of likely N-dealkylation sites (tertiary alicyclic amines) is 1. The summed E-state index contributed by atoms with van der Waals surface area (Å²) in [5, 5.41) is 1.16. The van der Waals surface area contributed by atoms with Crippen LogP contribution < -0.4 is 5.76 Å². The molecule has 6 nitrogen and oxygen atoms in total. The lowest BCUT2D eigenvalue weighted by Gasteiger charge is -2.31. The Labute approximate surface area is 204 Å². The Bertz CT molecular complexity index is 1350. The summed E-state index contributed by atoms with van der Waals surface area (Å²) in [5.74, 6) is 0.0438. The van der Waals surface area contributed by atoms with Crippen LogP contribution in [0.1, 0.15) is 35.1 Å². The maximum absolute atomic E-state index is 12.8. The largest absolute Gasteiger partial charge is 0.419 e. The van der Waals surface area contributed by atoms with Crippen LogP contribution in [0.3, 0.4) is 0 Å². The summed E-state index contributed by atoms with van der Waals surface area (Å²) in [6.45, 7) is 3.89. The first kappa shape index (κ1) is 22.1. The van der Waals surface area contributed by atoms with E-state index in [9.17, 15) is 9.59 Å². The highest BCUT2D eigenvalue weighted by Gasteiger charge is 2.26. The molecule has 2 aromatic heterocycles. The molecule has 5 rings (SSSR count). The molecule has 1 amide bonds. The first-order valence-electron chi connectivity index (χ1n) is 11.1. The second kappa shape index (κ2) is 9.27. The lowest BCUT2D eigenvalue weighted by molar-refractivity contribution is -0.132. The van der Waals surface area contributed by atoms with Gasteiger partial charge in [-0.25, -0.2) is 9.78 Å². The Hall–Kier alpha value is -2.71. The molecule has 0 unspecified atom stereocenters. The highest BCUT2D eigenvalue weighted by molar-refractivity contribution is 9.10. The van der Waals surface area contributed by atoms with Gasteiger partial charge in [0.15, 0.2) is 5.58 Å². The van der Waals surface area contributed by atoms with Crippen molar-refractivity contribution in [3.05, 3.63) is 73.4 Å². The molecule has 0 spiro atoms. The Kier molecular flexibility index (Phi) is 6.21. The number of hydrogen-bond acceptors (Lipinski definition) is 5. The second-order valence-electron chi connectivity index (χ2n) is 8.36. The van der Waals surface area contributed by atoms with Gasteiger partial charge in [0.1, 0.15) is 0 Å². The third-order valence-electron chi connectivity index (χ3n) is 6.25. The fourth-order valence-electron chi connectivity index (χ4n) is 4.43. The van der Waals surface area contributed by atoms with Crippen molar-refractivity contribution in [1.82, 2.24) is 14.5 Å². The molecule has 0 aliphatic carbocycles. The van der Waals surface area contributed by atoms with Crippen LogP contribution in [0.2, 0.25) is 0 Å². The third-order valence-corrected chi connectivity index (χ3v) is 7.91. The number of amides is 1. The number of para-hydroxylation sites is 2. The minimum atomic E-state index is -0.413. The molecule has 4 aromatic rings. The molecule has 0 bridgehead atoms. The molecule has 1 aliphatic rings. The van der Waals surface area contributed by atoms with Gasteiger partial charge in [-0.3, -0.25) is 9.36 Å². The number of thiazole rings is 1. The van der Waals surface area contributed by atoms with Gasteiger partial charge in [0, 0.05) is 46.9 Å². The smallest absolute Gasteiger partial charge is 0.408 e. The molecule has 1 saturated heterocycles. The monoisotopic (exact) mass is 525 g/mol. The van der Waals surface area contributed by atoms with Gasteiger partial charge in [-0.05, 0) is 44.0 Å². The molecule has 3 heterocycles. The Morgan fingerprint density at radius 3 is 2.64 bits per heavy atom. The Balaban J connectivity index is 1.20.